The average Bonchev–Trinajstić information content (AvgIpc) is 3.11. The summed E-state index contributed by atoms with van der Waals surface area (Å²) in [4.78, 5) is 25.6. The van der Waals surface area contributed by atoms with E-state index in [2.05, 4.69) is 4.90 Å². The Morgan fingerprint density at radius 2 is 1.39 bits per heavy atom. The molecule has 1 spiro atoms. The van der Waals surface area contributed by atoms with E-state index in [-0.39, 0.29) is 5.91 Å². The Kier molecular flexibility index (Phi) is 5.94. The van der Waals surface area contributed by atoms with Gasteiger partial charge in [-0.25, -0.2) is 9.18 Å². The molecule has 0 bridgehead atoms. The highest BCUT2D eigenvalue weighted by molar-refractivity contribution is 5.86. The second-order valence-electron chi connectivity index (χ2n) is 8.72. The molecule has 0 aromatic heterocycles. The van der Waals surface area contributed by atoms with Crippen LogP contribution in [0.15, 0.2) is 0 Å². The molecule has 0 unspecified atom stereocenters. The third-order valence-electron chi connectivity index (χ3n) is 6.88. The Morgan fingerprint density at radius 3 is 1.79 bits per heavy atom. The van der Waals surface area contributed by atoms with Crippen molar-refractivity contribution in [1.29, 1.82) is 0 Å². The van der Waals surface area contributed by atoms with Crippen molar-refractivity contribution < 1.29 is 32.3 Å². The zero-order valence-electron chi connectivity index (χ0n) is 15.9. The van der Waals surface area contributed by atoms with Gasteiger partial charge >= 0.3 is 12.1 Å². The number of nitrogens with zero attached hydrogens (tertiary/aromatic N) is 2. The second-order valence-corrected chi connectivity index (χ2v) is 8.72. The van der Waals surface area contributed by atoms with Crippen LogP contribution in [-0.2, 0) is 9.59 Å². The predicted octanol–water partition coefficient (Wildman–Crippen LogP) is 3.38. The Hall–Kier alpha value is -1.38. The quantitative estimate of drug-likeness (QED) is 0.712. The number of hydrogen-bond acceptors (Lipinski definition) is 3. The van der Waals surface area contributed by atoms with Crippen LogP contribution in [0.25, 0.3) is 0 Å². The number of hydrogen-bond donors (Lipinski definition) is 1. The summed E-state index contributed by atoms with van der Waals surface area (Å²) < 4.78 is 46.0. The lowest BCUT2D eigenvalue weighted by atomic mass is 9.60. The van der Waals surface area contributed by atoms with Crippen LogP contribution in [0.1, 0.15) is 57.8 Å². The van der Waals surface area contributed by atoms with Crippen molar-refractivity contribution >= 4 is 11.9 Å². The molecule has 2 saturated carbocycles. The smallest absolute Gasteiger partial charge is 0.475 e. The van der Waals surface area contributed by atoms with Crippen LogP contribution in [0.2, 0.25) is 0 Å². The van der Waals surface area contributed by atoms with Gasteiger partial charge in [0.25, 0.3) is 5.91 Å². The van der Waals surface area contributed by atoms with E-state index in [1.807, 2.05) is 4.90 Å². The van der Waals surface area contributed by atoms with Crippen LogP contribution in [0.5, 0.6) is 0 Å². The van der Waals surface area contributed by atoms with Gasteiger partial charge in [-0.2, -0.15) is 13.2 Å². The summed E-state index contributed by atoms with van der Waals surface area (Å²) in [6.45, 7) is 4.15. The van der Waals surface area contributed by atoms with Crippen LogP contribution in [0.4, 0.5) is 17.6 Å². The summed E-state index contributed by atoms with van der Waals surface area (Å²) in [5.74, 6) is -2.97. The number of carboxylic acids is 1. The first-order chi connectivity index (χ1) is 13.0. The standard InChI is InChI=1S/C17H27FN2O.C2HF3O2/c18-17(4-3-5-17)15(21)20-10-6-16(7-11-20)12-14(13-16)19-8-1-2-9-19;3-2(4,5)1(6)7/h14H,1-13H2;(H,6,7). The molecule has 5 nitrogen and oxygen atoms in total. The zero-order valence-corrected chi connectivity index (χ0v) is 15.9. The molecule has 1 N–H and O–H groups in total. The molecular formula is C19H28F4N2O3. The van der Waals surface area contributed by atoms with Gasteiger partial charge < -0.3 is 14.9 Å². The monoisotopic (exact) mass is 408 g/mol. The number of piperidine rings is 1. The molecule has 9 heteroatoms. The van der Waals surface area contributed by atoms with E-state index in [1.165, 1.54) is 38.8 Å². The molecule has 4 fully saturated rings. The van der Waals surface area contributed by atoms with Crippen molar-refractivity contribution in [2.24, 2.45) is 5.41 Å². The predicted molar refractivity (Wildman–Crippen MR) is 93.5 cm³/mol. The molecule has 4 rings (SSSR count). The van der Waals surface area contributed by atoms with E-state index < -0.39 is 17.8 Å². The summed E-state index contributed by atoms with van der Waals surface area (Å²) in [6, 6.07) is 0.800. The molecule has 2 aliphatic heterocycles. The summed E-state index contributed by atoms with van der Waals surface area (Å²) in [7, 11) is 0. The molecule has 160 valence electrons. The van der Waals surface area contributed by atoms with Crippen molar-refractivity contribution in [2.45, 2.75) is 75.7 Å². The molecule has 4 aliphatic rings. The summed E-state index contributed by atoms with van der Waals surface area (Å²) in [5, 5.41) is 7.12. The number of alkyl halides is 4. The van der Waals surface area contributed by atoms with Gasteiger partial charge in [-0.1, -0.05) is 0 Å². The fourth-order valence-electron chi connectivity index (χ4n) is 4.88. The third kappa shape index (κ3) is 4.44. The maximum atomic E-state index is 14.2. The van der Waals surface area contributed by atoms with Crippen molar-refractivity contribution in [1.82, 2.24) is 9.80 Å². The van der Waals surface area contributed by atoms with E-state index in [0.717, 1.165) is 38.4 Å². The molecule has 0 radical (unpaired) electrons. The maximum Gasteiger partial charge on any atom is 0.490 e. The van der Waals surface area contributed by atoms with Gasteiger partial charge in [-0.3, -0.25) is 4.79 Å². The number of amides is 1. The lowest BCUT2D eigenvalue weighted by Gasteiger charge is -2.55. The first kappa shape index (κ1) is 21.3. The summed E-state index contributed by atoms with van der Waals surface area (Å²) >= 11 is 0. The van der Waals surface area contributed by atoms with E-state index in [9.17, 15) is 22.4 Å². The van der Waals surface area contributed by atoms with Crippen LogP contribution < -0.4 is 0 Å². The Morgan fingerprint density at radius 1 is 0.893 bits per heavy atom. The van der Waals surface area contributed by atoms with Crippen molar-refractivity contribution in [3.05, 3.63) is 0 Å². The molecule has 2 heterocycles. The van der Waals surface area contributed by atoms with Gasteiger partial charge in [0.15, 0.2) is 5.67 Å². The van der Waals surface area contributed by atoms with E-state index in [4.69, 9.17) is 9.90 Å². The first-order valence-electron chi connectivity index (χ1n) is 10.1. The molecule has 0 aromatic carbocycles. The maximum absolute atomic E-state index is 14.2. The van der Waals surface area contributed by atoms with Crippen molar-refractivity contribution in [3.63, 3.8) is 0 Å². The van der Waals surface area contributed by atoms with E-state index in [1.54, 1.807) is 0 Å². The van der Waals surface area contributed by atoms with Crippen molar-refractivity contribution in [2.75, 3.05) is 26.2 Å². The normalized spacial score (nSPS) is 26.8. The van der Waals surface area contributed by atoms with Gasteiger partial charge in [0.1, 0.15) is 0 Å². The van der Waals surface area contributed by atoms with Gasteiger partial charge in [-0.05, 0) is 76.3 Å². The Bertz CT molecular complexity index is 584. The van der Waals surface area contributed by atoms with Gasteiger partial charge in [0.05, 0.1) is 0 Å². The van der Waals surface area contributed by atoms with Crippen LogP contribution in [-0.4, -0.2) is 70.8 Å². The lowest BCUT2D eigenvalue weighted by Crippen LogP contribution is -2.58. The largest absolute Gasteiger partial charge is 0.490 e. The van der Waals surface area contributed by atoms with Crippen molar-refractivity contribution in [3.8, 4) is 0 Å². The second kappa shape index (κ2) is 7.80. The number of halogens is 4. The highest BCUT2D eigenvalue weighted by Gasteiger charge is 2.51. The molecule has 28 heavy (non-hydrogen) atoms. The Balaban J connectivity index is 0.000000279. The molecule has 0 atom stereocenters. The third-order valence-corrected chi connectivity index (χ3v) is 6.88. The van der Waals surface area contributed by atoms with Crippen LogP contribution >= 0.6 is 0 Å². The topological polar surface area (TPSA) is 60.9 Å². The van der Waals surface area contributed by atoms with E-state index in [0.29, 0.717) is 18.3 Å². The minimum absolute atomic E-state index is 0.209. The number of carbonyl (C=O) groups is 2. The first-order valence-corrected chi connectivity index (χ1v) is 10.1. The minimum atomic E-state index is -5.08. The fourth-order valence-corrected chi connectivity index (χ4v) is 4.88. The van der Waals surface area contributed by atoms with Crippen LogP contribution in [0, 0.1) is 5.41 Å². The van der Waals surface area contributed by atoms with E-state index >= 15 is 0 Å². The summed E-state index contributed by atoms with van der Waals surface area (Å²) in [5.41, 5.74) is -1.02. The molecule has 2 saturated heterocycles. The average molecular weight is 408 g/mol. The highest BCUT2D eigenvalue weighted by atomic mass is 19.4. The SMILES string of the molecule is O=C(N1CCC2(CC1)CC(N1CCCC1)C2)C1(F)CCC1.O=C(O)C(F)(F)F. The fraction of sp³-hybridized carbons (Fsp3) is 0.895. The van der Waals surface area contributed by atoms with Gasteiger partial charge in [-0.15, -0.1) is 0 Å². The number of aliphatic carboxylic acids is 1. The molecule has 0 aromatic rings. The summed E-state index contributed by atoms with van der Waals surface area (Å²) in [6.07, 6.45) is 4.24. The number of carbonyl (C=O) groups excluding carboxylic acids is 1. The van der Waals surface area contributed by atoms with Crippen LogP contribution in [0.3, 0.4) is 0 Å². The molecule has 2 aliphatic carbocycles. The Labute approximate surface area is 162 Å². The number of carboxylic acid groups (broad SMARTS) is 1. The number of likely N-dealkylation sites (tertiary alicyclic amines) is 2. The van der Waals surface area contributed by atoms with Gasteiger partial charge in [0.2, 0.25) is 0 Å². The molecule has 1 amide bonds. The lowest BCUT2D eigenvalue weighted by molar-refractivity contribution is -0.192. The highest BCUT2D eigenvalue weighted by Crippen LogP contribution is 2.52. The van der Waals surface area contributed by atoms with Gasteiger partial charge in [0, 0.05) is 19.1 Å². The minimum Gasteiger partial charge on any atom is -0.475 e. The zero-order chi connectivity index (χ0) is 20.6. The number of rotatable bonds is 2. The molecular weight excluding hydrogens is 380 g/mol.